The molecule has 3 aromatic rings. The topological polar surface area (TPSA) is 77.6 Å². The Bertz CT molecular complexity index is 972. The first-order chi connectivity index (χ1) is 13.5. The van der Waals surface area contributed by atoms with Gasteiger partial charge in [-0.25, -0.2) is 4.98 Å². The summed E-state index contributed by atoms with van der Waals surface area (Å²) in [6.07, 6.45) is 11.1. The van der Waals surface area contributed by atoms with Gasteiger partial charge in [-0.05, 0) is 30.7 Å². The van der Waals surface area contributed by atoms with Crippen LogP contribution in [0.2, 0.25) is 0 Å². The van der Waals surface area contributed by atoms with Crippen LogP contribution in [0.3, 0.4) is 0 Å². The minimum Gasteiger partial charge on any atom is -0.332 e. The third kappa shape index (κ3) is 3.66. The van der Waals surface area contributed by atoms with Gasteiger partial charge < -0.3 is 9.88 Å². The largest absolute Gasteiger partial charge is 0.332 e. The number of nitrogens with zero attached hydrogens (tertiary/aromatic N) is 5. The van der Waals surface area contributed by atoms with Crippen LogP contribution >= 0.6 is 0 Å². The van der Waals surface area contributed by atoms with Gasteiger partial charge in [0.15, 0.2) is 5.78 Å². The van der Waals surface area contributed by atoms with Crippen LogP contribution in [-0.2, 0) is 11.3 Å². The average molecular weight is 380 g/mol. The predicted octanol–water partition coefficient (Wildman–Crippen LogP) is 4.35. The summed E-state index contributed by atoms with van der Waals surface area (Å²) >= 11 is 0. The van der Waals surface area contributed by atoms with E-state index >= 15 is 0 Å². The van der Waals surface area contributed by atoms with E-state index in [4.69, 9.17) is 4.98 Å². The molecule has 0 saturated heterocycles. The monoisotopic (exact) mass is 380 g/mol. The summed E-state index contributed by atoms with van der Waals surface area (Å²) in [4.78, 5) is 21.1. The molecule has 0 spiro atoms. The fourth-order valence-electron chi connectivity index (χ4n) is 4.02. The van der Waals surface area contributed by atoms with Gasteiger partial charge in [0.05, 0.1) is 11.9 Å². The molecule has 0 amide bonds. The lowest BCUT2D eigenvalue weighted by Gasteiger charge is -2.20. The molecule has 28 heavy (non-hydrogen) atoms. The fourth-order valence-corrected chi connectivity index (χ4v) is 4.02. The summed E-state index contributed by atoms with van der Waals surface area (Å²) in [7, 11) is 0. The molecule has 1 N–H and O–H groups in total. The highest BCUT2D eigenvalue weighted by atomic mass is 16.1. The summed E-state index contributed by atoms with van der Waals surface area (Å²) in [6.45, 7) is 7.74. The Balaban J connectivity index is 1.54. The van der Waals surface area contributed by atoms with E-state index in [1.807, 2.05) is 12.4 Å². The molecule has 3 aromatic heterocycles. The van der Waals surface area contributed by atoms with Gasteiger partial charge in [0.1, 0.15) is 11.7 Å². The summed E-state index contributed by atoms with van der Waals surface area (Å²) in [5.74, 6) is 2.05. The highest BCUT2D eigenvalue weighted by Gasteiger charge is 2.26. The van der Waals surface area contributed by atoms with E-state index in [1.54, 1.807) is 10.9 Å². The van der Waals surface area contributed by atoms with E-state index < -0.39 is 0 Å². The van der Waals surface area contributed by atoms with E-state index in [0.29, 0.717) is 24.2 Å². The molecule has 0 radical (unpaired) electrons. The summed E-state index contributed by atoms with van der Waals surface area (Å²) < 4.78 is 3.98. The van der Waals surface area contributed by atoms with Gasteiger partial charge in [-0.15, -0.1) is 0 Å². The lowest BCUT2D eigenvalue weighted by Crippen LogP contribution is -2.15. The summed E-state index contributed by atoms with van der Waals surface area (Å²) in [6, 6.07) is 1.94. The van der Waals surface area contributed by atoms with Crippen LogP contribution in [0.4, 0.5) is 11.6 Å². The highest BCUT2D eigenvalue weighted by Crippen LogP contribution is 2.27. The molecule has 4 rings (SSSR count). The number of anilines is 2. The first-order valence-corrected chi connectivity index (χ1v) is 10.2. The van der Waals surface area contributed by atoms with Crippen LogP contribution in [0.25, 0.3) is 11.0 Å². The molecule has 148 valence electrons. The van der Waals surface area contributed by atoms with Gasteiger partial charge in [0.25, 0.3) is 0 Å². The molecule has 0 unspecified atom stereocenters. The van der Waals surface area contributed by atoms with Crippen molar-refractivity contribution in [3.63, 3.8) is 0 Å². The normalized spacial score (nSPS) is 18.3. The molecule has 2 atom stereocenters. The van der Waals surface area contributed by atoms with Crippen molar-refractivity contribution >= 4 is 28.5 Å². The SMILES string of the molecule is CC[C@H](Cn1ccc2cnc(Nc3cnn([C@H]4CCCC4=O)c3)nc21)C(C)C. The van der Waals surface area contributed by atoms with E-state index in [1.165, 1.54) is 0 Å². The molecule has 3 heterocycles. The van der Waals surface area contributed by atoms with Crippen LogP contribution in [0.1, 0.15) is 52.5 Å². The predicted molar refractivity (Wildman–Crippen MR) is 110 cm³/mol. The second-order valence-electron chi connectivity index (χ2n) is 8.06. The number of Topliss-reactive ketones (excluding diaryl/α,β-unsaturated/α-hetero) is 1. The van der Waals surface area contributed by atoms with Crippen LogP contribution in [0.15, 0.2) is 30.9 Å². The summed E-state index contributed by atoms with van der Waals surface area (Å²) in [5.41, 5.74) is 1.74. The van der Waals surface area contributed by atoms with Crippen molar-refractivity contribution in [2.75, 3.05) is 5.32 Å². The smallest absolute Gasteiger partial charge is 0.229 e. The van der Waals surface area contributed by atoms with Gasteiger partial charge in [-0.1, -0.05) is 27.2 Å². The maximum absolute atomic E-state index is 11.9. The van der Waals surface area contributed by atoms with Crippen molar-refractivity contribution < 1.29 is 4.79 Å². The Morgan fingerprint density at radius 3 is 2.89 bits per heavy atom. The third-order valence-corrected chi connectivity index (χ3v) is 5.85. The molecule has 0 aliphatic heterocycles. The maximum atomic E-state index is 11.9. The van der Waals surface area contributed by atoms with Gasteiger partial charge in [0, 0.05) is 36.9 Å². The van der Waals surface area contributed by atoms with Gasteiger partial charge >= 0.3 is 0 Å². The number of nitrogens with one attached hydrogen (secondary N) is 1. The van der Waals surface area contributed by atoms with Gasteiger partial charge in [-0.3, -0.25) is 9.48 Å². The van der Waals surface area contributed by atoms with E-state index in [2.05, 4.69) is 53.0 Å². The first kappa shape index (κ1) is 18.7. The molecule has 0 aromatic carbocycles. The molecule has 7 nitrogen and oxygen atoms in total. The number of rotatable bonds is 7. The molecule has 0 bridgehead atoms. The zero-order valence-corrected chi connectivity index (χ0v) is 16.8. The quantitative estimate of drug-likeness (QED) is 0.659. The number of ketones is 1. The first-order valence-electron chi connectivity index (χ1n) is 10.2. The minimum absolute atomic E-state index is 0.127. The van der Waals surface area contributed by atoms with Crippen molar-refractivity contribution in [3.05, 3.63) is 30.9 Å². The standard InChI is InChI=1S/C21H28N6O/c1-4-15(14(2)3)12-26-9-8-16-10-22-21(25-20(16)26)24-17-11-23-27(13-17)18-6-5-7-19(18)28/h8-11,13-15,18H,4-7,12H2,1-3H3,(H,22,24,25)/t15-,18+/m1/s1. The number of carbonyl (C=O) groups excluding carboxylic acids is 1. The van der Waals surface area contributed by atoms with E-state index in [9.17, 15) is 4.79 Å². The third-order valence-electron chi connectivity index (χ3n) is 5.85. The van der Waals surface area contributed by atoms with E-state index in [-0.39, 0.29) is 11.8 Å². The molecule has 1 fully saturated rings. The van der Waals surface area contributed by atoms with Gasteiger partial charge in [-0.2, -0.15) is 10.1 Å². The zero-order valence-electron chi connectivity index (χ0n) is 16.8. The molecular weight excluding hydrogens is 352 g/mol. The zero-order chi connectivity index (χ0) is 19.7. The Morgan fingerprint density at radius 2 is 2.18 bits per heavy atom. The van der Waals surface area contributed by atoms with Gasteiger partial charge in [0.2, 0.25) is 5.95 Å². The molecule has 1 saturated carbocycles. The molecular formula is C21H28N6O. The Hall–Kier alpha value is -2.70. The lowest BCUT2D eigenvalue weighted by atomic mass is 9.93. The van der Waals surface area contributed by atoms with Crippen LogP contribution < -0.4 is 5.32 Å². The van der Waals surface area contributed by atoms with Crippen molar-refractivity contribution in [1.29, 1.82) is 0 Å². The Kier molecular flexibility index (Phi) is 5.15. The van der Waals surface area contributed by atoms with Crippen LogP contribution in [-0.4, -0.2) is 30.1 Å². The number of hydrogen-bond acceptors (Lipinski definition) is 5. The summed E-state index contributed by atoms with van der Waals surface area (Å²) in [5, 5.41) is 8.63. The molecule has 1 aliphatic carbocycles. The number of carbonyl (C=O) groups is 1. The number of fused-ring (bicyclic) bond motifs is 1. The fraction of sp³-hybridized carbons (Fsp3) is 0.524. The second-order valence-corrected chi connectivity index (χ2v) is 8.06. The highest BCUT2D eigenvalue weighted by molar-refractivity contribution is 5.84. The van der Waals surface area contributed by atoms with Crippen molar-refractivity contribution in [2.45, 2.75) is 59.0 Å². The van der Waals surface area contributed by atoms with E-state index in [0.717, 1.165) is 42.5 Å². The van der Waals surface area contributed by atoms with Crippen LogP contribution in [0.5, 0.6) is 0 Å². The lowest BCUT2D eigenvalue weighted by molar-refractivity contribution is -0.120. The minimum atomic E-state index is -0.127. The average Bonchev–Trinajstić information content (AvgIpc) is 3.39. The van der Waals surface area contributed by atoms with Crippen LogP contribution in [0, 0.1) is 11.8 Å². The van der Waals surface area contributed by atoms with Crippen molar-refractivity contribution in [3.8, 4) is 0 Å². The van der Waals surface area contributed by atoms with Crippen molar-refractivity contribution in [1.82, 2.24) is 24.3 Å². The second kappa shape index (κ2) is 7.73. The Morgan fingerprint density at radius 1 is 1.32 bits per heavy atom. The molecule has 7 heteroatoms. The number of aromatic nitrogens is 5. The molecule has 1 aliphatic rings. The van der Waals surface area contributed by atoms with Crippen molar-refractivity contribution in [2.24, 2.45) is 11.8 Å². The number of hydrogen-bond donors (Lipinski definition) is 1. The Labute approximate surface area is 165 Å². The maximum Gasteiger partial charge on any atom is 0.229 e.